The van der Waals surface area contributed by atoms with Gasteiger partial charge in [-0.15, -0.1) is 0 Å². The Bertz CT molecular complexity index is 1060. The predicted molar refractivity (Wildman–Crippen MR) is 124 cm³/mol. The van der Waals surface area contributed by atoms with Gasteiger partial charge in [0.2, 0.25) is 5.95 Å². The van der Waals surface area contributed by atoms with E-state index in [1.54, 1.807) is 44.0 Å². The van der Waals surface area contributed by atoms with Crippen LogP contribution in [0.2, 0.25) is 0 Å². The second kappa shape index (κ2) is 10.7. The highest BCUT2D eigenvalue weighted by Gasteiger charge is 2.30. The maximum Gasteiger partial charge on any atom is 0.263 e. The quantitative estimate of drug-likeness (QED) is 0.558. The molecule has 9 heteroatoms. The van der Waals surface area contributed by atoms with E-state index < -0.39 is 6.10 Å². The predicted octanol–water partition coefficient (Wildman–Crippen LogP) is 3.58. The van der Waals surface area contributed by atoms with E-state index in [4.69, 9.17) is 14.5 Å². The zero-order chi connectivity index (χ0) is 23.0. The Balaban J connectivity index is 1.35. The first kappa shape index (κ1) is 22.4. The molecule has 1 aromatic carbocycles. The van der Waals surface area contributed by atoms with Crippen LogP contribution in [0.3, 0.4) is 0 Å². The first-order valence-electron chi connectivity index (χ1n) is 11.1. The summed E-state index contributed by atoms with van der Waals surface area (Å²) in [6.07, 6.45) is 8.49. The number of benzene rings is 1. The van der Waals surface area contributed by atoms with E-state index in [-0.39, 0.29) is 11.8 Å². The van der Waals surface area contributed by atoms with Crippen molar-refractivity contribution >= 4 is 17.7 Å². The summed E-state index contributed by atoms with van der Waals surface area (Å²) < 4.78 is 11.2. The SMILES string of the molecule is CCC(Oc1cccc(OC)c1)C(=O)N1CCC(c2cncc(Nc3ncccn3)n2)CC1. The number of aromatic nitrogens is 4. The number of methoxy groups -OCH3 is 1. The van der Waals surface area contributed by atoms with Crippen LogP contribution in [0.1, 0.15) is 37.8 Å². The van der Waals surface area contributed by atoms with E-state index in [0.29, 0.717) is 42.8 Å². The van der Waals surface area contributed by atoms with E-state index in [0.717, 1.165) is 18.5 Å². The van der Waals surface area contributed by atoms with E-state index in [1.165, 1.54) is 0 Å². The Labute approximate surface area is 193 Å². The van der Waals surface area contributed by atoms with Crippen LogP contribution >= 0.6 is 0 Å². The van der Waals surface area contributed by atoms with Gasteiger partial charge in [0.05, 0.1) is 19.0 Å². The van der Waals surface area contributed by atoms with Gasteiger partial charge >= 0.3 is 0 Å². The Morgan fingerprint density at radius 1 is 1.15 bits per heavy atom. The highest BCUT2D eigenvalue weighted by Crippen LogP contribution is 2.28. The van der Waals surface area contributed by atoms with Gasteiger partial charge in [-0.3, -0.25) is 9.78 Å². The van der Waals surface area contributed by atoms with Gasteiger partial charge in [-0.1, -0.05) is 13.0 Å². The maximum atomic E-state index is 13.1. The van der Waals surface area contributed by atoms with Gasteiger partial charge in [-0.2, -0.15) is 0 Å². The summed E-state index contributed by atoms with van der Waals surface area (Å²) >= 11 is 0. The molecule has 172 valence electrons. The third kappa shape index (κ3) is 5.74. The molecule has 3 aromatic rings. The van der Waals surface area contributed by atoms with Crippen molar-refractivity contribution in [2.24, 2.45) is 0 Å². The molecule has 1 atom stereocenters. The molecule has 1 unspecified atom stereocenters. The molecule has 0 spiro atoms. The van der Waals surface area contributed by atoms with E-state index in [9.17, 15) is 4.79 Å². The minimum Gasteiger partial charge on any atom is -0.497 e. The highest BCUT2D eigenvalue weighted by atomic mass is 16.5. The fraction of sp³-hybridized carbons (Fsp3) is 0.375. The Kier molecular flexibility index (Phi) is 7.29. The molecule has 2 aromatic heterocycles. The molecular formula is C24H28N6O3. The molecule has 1 N–H and O–H groups in total. The molecule has 1 aliphatic heterocycles. The number of nitrogens with zero attached hydrogens (tertiary/aromatic N) is 5. The molecule has 1 saturated heterocycles. The Morgan fingerprint density at radius 2 is 1.91 bits per heavy atom. The number of anilines is 2. The molecule has 1 aliphatic rings. The fourth-order valence-electron chi connectivity index (χ4n) is 3.86. The molecule has 9 nitrogen and oxygen atoms in total. The highest BCUT2D eigenvalue weighted by molar-refractivity contribution is 5.81. The summed E-state index contributed by atoms with van der Waals surface area (Å²) in [6.45, 7) is 3.27. The summed E-state index contributed by atoms with van der Waals surface area (Å²) in [5.41, 5.74) is 0.905. The molecule has 0 aliphatic carbocycles. The van der Waals surface area contributed by atoms with Gasteiger partial charge in [0.15, 0.2) is 11.9 Å². The van der Waals surface area contributed by atoms with Crippen molar-refractivity contribution in [1.82, 2.24) is 24.8 Å². The van der Waals surface area contributed by atoms with Crippen LogP contribution in [0.25, 0.3) is 0 Å². The minimum absolute atomic E-state index is 0.0153. The number of hydrogen-bond donors (Lipinski definition) is 1. The first-order valence-corrected chi connectivity index (χ1v) is 11.1. The molecule has 1 amide bonds. The normalized spacial score (nSPS) is 15.0. The number of carbonyl (C=O) groups excluding carboxylic acids is 1. The van der Waals surface area contributed by atoms with Crippen LogP contribution in [0.4, 0.5) is 11.8 Å². The third-order valence-electron chi connectivity index (χ3n) is 5.65. The van der Waals surface area contributed by atoms with E-state index >= 15 is 0 Å². The average Bonchev–Trinajstić information content (AvgIpc) is 2.88. The zero-order valence-electron chi connectivity index (χ0n) is 18.8. The van der Waals surface area contributed by atoms with E-state index in [1.807, 2.05) is 30.0 Å². The van der Waals surface area contributed by atoms with Crippen molar-refractivity contribution in [3.63, 3.8) is 0 Å². The second-order valence-electron chi connectivity index (χ2n) is 7.82. The lowest BCUT2D eigenvalue weighted by Gasteiger charge is -2.33. The molecule has 0 saturated carbocycles. The number of amides is 1. The molecule has 3 heterocycles. The number of ether oxygens (including phenoxy) is 2. The number of piperidine rings is 1. The number of hydrogen-bond acceptors (Lipinski definition) is 8. The Hall–Kier alpha value is -3.75. The first-order chi connectivity index (χ1) is 16.2. The number of likely N-dealkylation sites (tertiary alicyclic amines) is 1. The second-order valence-corrected chi connectivity index (χ2v) is 7.82. The summed E-state index contributed by atoms with van der Waals surface area (Å²) in [4.78, 5) is 32.3. The van der Waals surface area contributed by atoms with E-state index in [2.05, 4.69) is 20.3 Å². The number of rotatable bonds is 8. The standard InChI is InChI=1S/C24H28N6O3/c1-3-21(33-19-7-4-6-18(14-19)32-2)23(31)30-12-8-17(9-13-30)20-15-25-16-22(28-20)29-24-26-10-5-11-27-24/h4-7,10-11,14-17,21H,3,8-9,12-13H2,1-2H3,(H,26,27,28,29). The number of carbonyl (C=O) groups is 1. The average molecular weight is 449 g/mol. The Morgan fingerprint density at radius 3 is 2.64 bits per heavy atom. The summed E-state index contributed by atoms with van der Waals surface area (Å²) in [7, 11) is 1.61. The van der Waals surface area contributed by atoms with Crippen LogP contribution in [0.5, 0.6) is 11.5 Å². The molecule has 0 bridgehead atoms. The van der Waals surface area contributed by atoms with Gasteiger partial charge < -0.3 is 19.7 Å². The van der Waals surface area contributed by atoms with Crippen LogP contribution < -0.4 is 14.8 Å². The van der Waals surface area contributed by atoms with Gasteiger partial charge in [-0.25, -0.2) is 15.0 Å². The monoisotopic (exact) mass is 448 g/mol. The van der Waals surface area contributed by atoms with Crippen LogP contribution in [-0.2, 0) is 4.79 Å². The van der Waals surface area contributed by atoms with Gasteiger partial charge in [0, 0.05) is 43.7 Å². The molecule has 4 rings (SSSR count). The maximum absolute atomic E-state index is 13.1. The minimum atomic E-state index is -0.521. The van der Waals surface area contributed by atoms with Crippen LogP contribution in [0, 0.1) is 0 Å². The van der Waals surface area contributed by atoms with Crippen LogP contribution in [-0.4, -0.2) is 57.0 Å². The summed E-state index contributed by atoms with van der Waals surface area (Å²) in [5, 5.41) is 3.08. The smallest absolute Gasteiger partial charge is 0.263 e. The molecular weight excluding hydrogens is 420 g/mol. The van der Waals surface area contributed by atoms with Crippen molar-refractivity contribution < 1.29 is 14.3 Å². The fourth-order valence-corrected chi connectivity index (χ4v) is 3.86. The van der Waals surface area contributed by atoms with Crippen molar-refractivity contribution in [2.45, 2.75) is 38.2 Å². The largest absolute Gasteiger partial charge is 0.497 e. The third-order valence-corrected chi connectivity index (χ3v) is 5.65. The van der Waals surface area contributed by atoms with Crippen molar-refractivity contribution in [3.05, 3.63) is 60.8 Å². The van der Waals surface area contributed by atoms with Crippen LogP contribution in [0.15, 0.2) is 55.1 Å². The number of nitrogens with one attached hydrogen (secondary N) is 1. The van der Waals surface area contributed by atoms with Gasteiger partial charge in [0.25, 0.3) is 5.91 Å². The van der Waals surface area contributed by atoms with Crippen molar-refractivity contribution in [2.75, 3.05) is 25.5 Å². The van der Waals surface area contributed by atoms with Crippen molar-refractivity contribution in [3.8, 4) is 11.5 Å². The molecule has 0 radical (unpaired) electrons. The van der Waals surface area contributed by atoms with Crippen molar-refractivity contribution in [1.29, 1.82) is 0 Å². The zero-order valence-corrected chi connectivity index (χ0v) is 18.8. The summed E-state index contributed by atoms with van der Waals surface area (Å²) in [5.74, 6) is 2.67. The molecule has 33 heavy (non-hydrogen) atoms. The lowest BCUT2D eigenvalue weighted by atomic mass is 9.93. The topological polar surface area (TPSA) is 102 Å². The van der Waals surface area contributed by atoms with Gasteiger partial charge in [0.1, 0.15) is 11.5 Å². The van der Waals surface area contributed by atoms with Gasteiger partial charge in [-0.05, 0) is 37.5 Å². The lowest BCUT2D eigenvalue weighted by molar-refractivity contribution is -0.140. The summed E-state index contributed by atoms with van der Waals surface area (Å²) in [6, 6.07) is 9.09. The molecule has 1 fully saturated rings. The lowest BCUT2D eigenvalue weighted by Crippen LogP contribution is -2.45.